The fourth-order valence-corrected chi connectivity index (χ4v) is 5.23. The van der Waals surface area contributed by atoms with Gasteiger partial charge in [-0.05, 0) is 34.7 Å². The Morgan fingerprint density at radius 3 is 1.86 bits per heavy atom. The van der Waals surface area contributed by atoms with Gasteiger partial charge in [0.1, 0.15) is 15.8 Å². The van der Waals surface area contributed by atoms with Gasteiger partial charge in [-0.1, -0.05) is 51.4 Å². The van der Waals surface area contributed by atoms with E-state index in [4.69, 9.17) is 14.6 Å². The predicted molar refractivity (Wildman–Crippen MR) is 154 cm³/mol. The van der Waals surface area contributed by atoms with Gasteiger partial charge in [0.2, 0.25) is 0 Å². The first-order valence-corrected chi connectivity index (χ1v) is 13.8. The SMILES string of the molecule is COC(=O)c1sc(C#CC(C)C)cc1I.COCC(Nc1cc(C#CC(C)C)sc1C(=O)OC)C(=O)O. The molecule has 200 valence electrons. The summed E-state index contributed by atoms with van der Waals surface area (Å²) in [6, 6.07) is 2.60. The van der Waals surface area contributed by atoms with Crippen LogP contribution in [0, 0.1) is 39.1 Å². The number of thiophene rings is 2. The average molecular weight is 660 g/mol. The molecule has 1 unspecified atom stereocenters. The molecule has 0 aliphatic rings. The highest BCUT2D eigenvalue weighted by atomic mass is 127. The standard InChI is InChI=1S/C15H19NO5S.C11H11IO2S/c1-9(2)5-6-10-7-11(13(22-10)15(19)21-4)16-12(8-20-3)14(17)18;1-7(2)4-5-8-6-9(12)10(15-8)11(13)14-3/h7,9,12,16H,8H2,1-4H3,(H,17,18);6-7H,1-3H3. The van der Waals surface area contributed by atoms with Gasteiger partial charge in [0.05, 0.1) is 36.3 Å². The van der Waals surface area contributed by atoms with Crippen molar-refractivity contribution in [2.45, 2.75) is 33.7 Å². The van der Waals surface area contributed by atoms with Gasteiger partial charge >= 0.3 is 17.9 Å². The number of rotatable bonds is 7. The highest BCUT2D eigenvalue weighted by Crippen LogP contribution is 2.28. The second-order valence-electron chi connectivity index (χ2n) is 7.96. The van der Waals surface area contributed by atoms with Crippen molar-refractivity contribution in [3.8, 4) is 23.7 Å². The number of carboxylic acid groups (broad SMARTS) is 1. The van der Waals surface area contributed by atoms with Gasteiger partial charge in [0.25, 0.3) is 0 Å². The number of ether oxygens (including phenoxy) is 3. The lowest BCUT2D eigenvalue weighted by atomic mass is 10.2. The maximum absolute atomic E-state index is 11.8. The van der Waals surface area contributed by atoms with Crippen molar-refractivity contribution in [2.24, 2.45) is 11.8 Å². The molecule has 2 aromatic heterocycles. The van der Waals surface area contributed by atoms with Crippen LogP contribution in [0.3, 0.4) is 0 Å². The molecule has 0 fully saturated rings. The van der Waals surface area contributed by atoms with E-state index in [9.17, 15) is 14.4 Å². The molecule has 0 bridgehead atoms. The van der Waals surface area contributed by atoms with E-state index in [0.717, 1.165) is 19.8 Å². The van der Waals surface area contributed by atoms with E-state index in [0.29, 0.717) is 21.4 Å². The van der Waals surface area contributed by atoms with Crippen molar-refractivity contribution in [1.29, 1.82) is 0 Å². The van der Waals surface area contributed by atoms with Gasteiger partial charge in [0.15, 0.2) is 0 Å². The summed E-state index contributed by atoms with van der Waals surface area (Å²) >= 11 is 4.66. The maximum Gasteiger partial charge on any atom is 0.350 e. The zero-order valence-corrected chi connectivity index (χ0v) is 25.5. The molecule has 2 aromatic rings. The van der Waals surface area contributed by atoms with Crippen LogP contribution in [0.5, 0.6) is 0 Å². The molecule has 1 atom stereocenters. The first kappa shape index (κ1) is 32.4. The number of hydrogen-bond donors (Lipinski definition) is 2. The first-order chi connectivity index (χ1) is 17.4. The number of nitrogens with one attached hydrogen (secondary N) is 1. The van der Waals surface area contributed by atoms with Crippen LogP contribution in [0.25, 0.3) is 0 Å². The number of halogens is 1. The molecule has 0 aromatic carbocycles. The third kappa shape index (κ3) is 11.1. The van der Waals surface area contributed by atoms with Crippen molar-refractivity contribution in [2.75, 3.05) is 33.3 Å². The smallest absolute Gasteiger partial charge is 0.350 e. The molecule has 0 saturated heterocycles. The van der Waals surface area contributed by atoms with Crippen LogP contribution in [0.15, 0.2) is 12.1 Å². The first-order valence-electron chi connectivity index (χ1n) is 11.0. The van der Waals surface area contributed by atoms with Crippen molar-refractivity contribution < 1.29 is 33.7 Å². The van der Waals surface area contributed by atoms with Crippen molar-refractivity contribution in [3.63, 3.8) is 0 Å². The molecule has 8 nitrogen and oxygen atoms in total. The lowest BCUT2D eigenvalue weighted by Gasteiger charge is -2.14. The fourth-order valence-electron chi connectivity index (χ4n) is 2.43. The van der Waals surface area contributed by atoms with E-state index in [1.54, 1.807) is 6.07 Å². The molecule has 2 heterocycles. The van der Waals surface area contributed by atoms with Crippen LogP contribution in [0.1, 0.15) is 56.8 Å². The monoisotopic (exact) mass is 659 g/mol. The van der Waals surface area contributed by atoms with Crippen LogP contribution in [-0.4, -0.2) is 57.0 Å². The number of carbonyl (C=O) groups excluding carboxylic acids is 2. The Labute approximate surface area is 239 Å². The van der Waals surface area contributed by atoms with E-state index in [1.807, 2.05) is 33.8 Å². The Hall–Kier alpha value is -2.58. The Kier molecular flexibility index (Phi) is 14.3. The van der Waals surface area contributed by atoms with E-state index in [1.165, 1.54) is 32.7 Å². The molecule has 0 aliphatic heterocycles. The number of methoxy groups -OCH3 is 3. The summed E-state index contributed by atoms with van der Waals surface area (Å²) in [5.41, 5.74) is 0.384. The Balaban J connectivity index is 0.000000397. The van der Waals surface area contributed by atoms with E-state index < -0.39 is 18.0 Å². The van der Waals surface area contributed by atoms with Crippen LogP contribution in [-0.2, 0) is 19.0 Å². The summed E-state index contributed by atoms with van der Waals surface area (Å²) in [5, 5.41) is 11.9. The third-order valence-corrected chi connectivity index (χ3v) is 7.37. The van der Waals surface area contributed by atoms with Gasteiger partial charge in [-0.25, -0.2) is 14.4 Å². The molecule has 11 heteroatoms. The van der Waals surface area contributed by atoms with E-state index in [2.05, 4.69) is 56.3 Å². The Bertz CT molecular complexity index is 1210. The Morgan fingerprint density at radius 2 is 1.41 bits per heavy atom. The van der Waals surface area contributed by atoms with Gasteiger partial charge in [-0.2, -0.15) is 0 Å². The van der Waals surface area contributed by atoms with Gasteiger partial charge in [0, 0.05) is 22.5 Å². The molecule has 2 N–H and O–H groups in total. The minimum atomic E-state index is -1.07. The number of aliphatic carboxylic acids is 1. The zero-order chi connectivity index (χ0) is 28.1. The number of carbonyl (C=O) groups is 3. The Morgan fingerprint density at radius 1 is 0.919 bits per heavy atom. The molecule has 0 amide bonds. The van der Waals surface area contributed by atoms with Crippen molar-refractivity contribution in [1.82, 2.24) is 0 Å². The maximum atomic E-state index is 11.8. The van der Waals surface area contributed by atoms with Gasteiger partial charge in [-0.15, -0.1) is 22.7 Å². The van der Waals surface area contributed by atoms with Crippen molar-refractivity contribution in [3.05, 3.63) is 35.2 Å². The lowest BCUT2D eigenvalue weighted by molar-refractivity contribution is -0.139. The molecular formula is C26H30INO7S2. The number of carboxylic acids is 1. The summed E-state index contributed by atoms with van der Waals surface area (Å²) in [4.78, 5) is 36.8. The topological polar surface area (TPSA) is 111 Å². The minimum Gasteiger partial charge on any atom is -0.480 e. The average Bonchev–Trinajstić information content (AvgIpc) is 3.43. The molecule has 0 radical (unpaired) electrons. The normalized spacial score (nSPS) is 10.8. The molecule has 0 aliphatic carbocycles. The van der Waals surface area contributed by atoms with Gasteiger partial charge in [-0.3, -0.25) is 0 Å². The fraction of sp³-hybridized carbons (Fsp3) is 0.423. The molecular weight excluding hydrogens is 629 g/mol. The van der Waals surface area contributed by atoms with E-state index in [-0.39, 0.29) is 23.4 Å². The molecule has 37 heavy (non-hydrogen) atoms. The summed E-state index contributed by atoms with van der Waals surface area (Å²) in [6.07, 6.45) is 0. The quantitative estimate of drug-likeness (QED) is 0.237. The highest BCUT2D eigenvalue weighted by molar-refractivity contribution is 14.1. The zero-order valence-electron chi connectivity index (χ0n) is 21.7. The van der Waals surface area contributed by atoms with Gasteiger partial charge < -0.3 is 24.6 Å². The predicted octanol–water partition coefficient (Wildman–Crippen LogP) is 5.20. The summed E-state index contributed by atoms with van der Waals surface area (Å²) in [6.45, 7) is 7.96. The summed E-state index contributed by atoms with van der Waals surface area (Å²) < 4.78 is 15.2. The van der Waals surface area contributed by atoms with Crippen LogP contribution >= 0.6 is 45.3 Å². The second kappa shape index (κ2) is 16.3. The van der Waals surface area contributed by atoms with E-state index >= 15 is 0 Å². The highest BCUT2D eigenvalue weighted by Gasteiger charge is 2.23. The number of hydrogen-bond acceptors (Lipinski definition) is 9. The van der Waals surface area contributed by atoms with Crippen LogP contribution in [0.2, 0.25) is 0 Å². The lowest BCUT2D eigenvalue weighted by Crippen LogP contribution is -2.33. The number of esters is 2. The van der Waals surface area contributed by atoms with Crippen LogP contribution < -0.4 is 5.32 Å². The molecule has 2 rings (SSSR count). The second-order valence-corrected chi connectivity index (χ2v) is 11.2. The minimum absolute atomic E-state index is 0.0290. The molecule has 0 saturated carbocycles. The summed E-state index contributed by atoms with van der Waals surface area (Å²) in [7, 11) is 4.07. The van der Waals surface area contributed by atoms with Crippen molar-refractivity contribution >= 4 is 68.9 Å². The third-order valence-electron chi connectivity index (χ3n) is 4.09. The molecule has 0 spiro atoms. The number of anilines is 1. The largest absolute Gasteiger partial charge is 0.480 e. The summed E-state index contributed by atoms with van der Waals surface area (Å²) in [5.74, 6) is 10.7. The van der Waals surface area contributed by atoms with Crippen LogP contribution in [0.4, 0.5) is 5.69 Å².